The van der Waals surface area contributed by atoms with Gasteiger partial charge in [-0.1, -0.05) is 17.7 Å². The van der Waals surface area contributed by atoms with Crippen molar-refractivity contribution in [3.8, 4) is 0 Å². The maximum Gasteiger partial charge on any atom is 0.240 e. The van der Waals surface area contributed by atoms with E-state index >= 15 is 0 Å². The maximum atomic E-state index is 14.2. The van der Waals surface area contributed by atoms with Gasteiger partial charge in [0.1, 0.15) is 21.6 Å². The van der Waals surface area contributed by atoms with Crippen LogP contribution in [-0.4, -0.2) is 36.1 Å². The molecule has 0 unspecified atom stereocenters. The van der Waals surface area contributed by atoms with Gasteiger partial charge < -0.3 is 10.6 Å². The summed E-state index contributed by atoms with van der Waals surface area (Å²) in [7, 11) is -4.10. The molecule has 0 amide bonds. The Hall–Kier alpha value is -1.69. The first-order valence-corrected chi connectivity index (χ1v) is 12.0. The van der Waals surface area contributed by atoms with Crippen molar-refractivity contribution < 1.29 is 12.8 Å². The molecule has 1 spiro atoms. The Morgan fingerprint density at radius 1 is 1.24 bits per heavy atom. The number of piperidine rings is 1. The molecule has 2 aliphatic rings. The van der Waals surface area contributed by atoms with Crippen molar-refractivity contribution in [2.75, 3.05) is 18.4 Å². The number of hydrogen-bond donors (Lipinski definition) is 3. The average molecular weight is 538 g/mol. The third kappa shape index (κ3) is 4.52. The minimum absolute atomic E-state index is 0. The molecule has 1 aliphatic carbocycles. The van der Waals surface area contributed by atoms with Gasteiger partial charge in [-0.3, -0.25) is 0 Å². The van der Waals surface area contributed by atoms with Crippen LogP contribution in [0.25, 0.3) is 5.65 Å². The van der Waals surface area contributed by atoms with Crippen molar-refractivity contribution in [3.05, 3.63) is 52.1 Å². The number of nitrogens with zero attached hydrogens (tertiary/aromatic N) is 3. The topological polar surface area (TPSA) is 114 Å². The summed E-state index contributed by atoms with van der Waals surface area (Å²) < 4.78 is 38.8. The fraction of sp³-hybridized carbons (Fsp3) is 0.400. The monoisotopic (exact) mass is 536 g/mol. The Bertz CT molecular complexity index is 1290. The zero-order valence-corrected chi connectivity index (χ0v) is 20.7. The molecule has 1 aromatic carbocycles. The summed E-state index contributed by atoms with van der Waals surface area (Å²) in [6, 6.07) is 3.90. The molecule has 0 atom stereocenters. The quantitative estimate of drug-likeness (QED) is 0.471. The molecule has 1 saturated heterocycles. The largest absolute Gasteiger partial charge is 0.366 e. The fourth-order valence-electron chi connectivity index (χ4n) is 4.80. The lowest BCUT2D eigenvalue weighted by Gasteiger charge is -2.34. The molecule has 1 aliphatic heterocycles. The standard InChI is InChI=1S/C20H22ClFN6O2S.2ClH/c21-14-11-26-28-18(25-10-12-1-2-16(15(22)9-12)31(23,29)30)13-3-4-20(5-7-24-8-6-20)17(13)27-19(14)28;;/h1-2,9,11,24-25H,3-8,10H2,(H2,23,29,30);2*1H. The molecule has 5 rings (SSSR count). The number of sulfonamides is 1. The molecule has 8 nitrogen and oxygen atoms in total. The number of anilines is 1. The summed E-state index contributed by atoms with van der Waals surface area (Å²) in [5.41, 5.74) is 3.39. The zero-order chi connectivity index (χ0) is 21.8. The van der Waals surface area contributed by atoms with E-state index in [1.165, 1.54) is 12.1 Å². The number of halogens is 4. The summed E-state index contributed by atoms with van der Waals surface area (Å²) in [4.78, 5) is 4.40. The van der Waals surface area contributed by atoms with Crippen LogP contribution in [0.4, 0.5) is 10.2 Å². The molecule has 180 valence electrons. The van der Waals surface area contributed by atoms with Crippen LogP contribution in [0.5, 0.6) is 0 Å². The molecule has 4 N–H and O–H groups in total. The molecule has 13 heteroatoms. The molecule has 0 bridgehead atoms. The van der Waals surface area contributed by atoms with E-state index in [9.17, 15) is 12.8 Å². The summed E-state index contributed by atoms with van der Waals surface area (Å²) in [5, 5.41) is 16.7. The molecule has 3 aromatic rings. The Kier molecular flexibility index (Phi) is 7.48. The molecule has 0 radical (unpaired) electrons. The number of hydrogen-bond acceptors (Lipinski definition) is 6. The highest BCUT2D eigenvalue weighted by Gasteiger charge is 2.43. The number of rotatable bonds is 4. The second kappa shape index (κ2) is 9.52. The highest BCUT2D eigenvalue weighted by Crippen LogP contribution is 2.46. The van der Waals surface area contributed by atoms with Crippen molar-refractivity contribution in [1.82, 2.24) is 19.9 Å². The van der Waals surface area contributed by atoms with Gasteiger partial charge in [0.05, 0.1) is 11.9 Å². The average Bonchev–Trinajstić information content (AvgIpc) is 3.27. The predicted molar refractivity (Wildman–Crippen MR) is 130 cm³/mol. The summed E-state index contributed by atoms with van der Waals surface area (Å²) in [5.74, 6) is -0.0825. The van der Waals surface area contributed by atoms with Gasteiger partial charge in [0.15, 0.2) is 5.65 Å². The molecule has 3 heterocycles. The van der Waals surface area contributed by atoms with Crippen molar-refractivity contribution in [1.29, 1.82) is 0 Å². The first-order chi connectivity index (χ1) is 14.8. The molecule has 1 fully saturated rings. The van der Waals surface area contributed by atoms with Crippen LogP contribution in [0.2, 0.25) is 5.02 Å². The van der Waals surface area contributed by atoms with E-state index in [-0.39, 0.29) is 36.8 Å². The van der Waals surface area contributed by atoms with Crippen LogP contribution in [0.1, 0.15) is 36.1 Å². The van der Waals surface area contributed by atoms with Gasteiger partial charge in [0.25, 0.3) is 0 Å². The normalized spacial score (nSPS) is 16.8. The number of nitrogens with two attached hydrogens (primary N) is 1. The third-order valence-corrected chi connectivity index (χ3v) is 7.59. The van der Waals surface area contributed by atoms with Gasteiger partial charge in [0.2, 0.25) is 10.0 Å². The Morgan fingerprint density at radius 3 is 2.64 bits per heavy atom. The van der Waals surface area contributed by atoms with Crippen molar-refractivity contribution >= 4 is 57.9 Å². The molecular formula is C20H24Cl3FN6O2S. The lowest BCUT2D eigenvalue weighted by molar-refractivity contribution is 0.301. The number of primary sulfonamides is 1. The first kappa shape index (κ1) is 25.9. The van der Waals surface area contributed by atoms with Crippen LogP contribution >= 0.6 is 36.4 Å². The van der Waals surface area contributed by atoms with E-state index in [1.54, 1.807) is 16.8 Å². The second-order valence-corrected chi connectivity index (χ2v) is 10.1. The van der Waals surface area contributed by atoms with Gasteiger partial charge in [-0.25, -0.2) is 22.9 Å². The summed E-state index contributed by atoms with van der Waals surface area (Å²) in [6.45, 7) is 2.19. The van der Waals surface area contributed by atoms with E-state index in [0.717, 1.165) is 55.8 Å². The SMILES string of the molecule is Cl.Cl.NS(=O)(=O)c1ccc(CNc2c3c(nc4c(Cl)cnn24)C2(CCNCC2)CC3)cc1F. The fourth-order valence-corrected chi connectivity index (χ4v) is 5.56. The van der Waals surface area contributed by atoms with E-state index in [2.05, 4.69) is 15.7 Å². The summed E-state index contributed by atoms with van der Waals surface area (Å²) in [6.07, 6.45) is 5.51. The molecule has 2 aromatic heterocycles. The van der Waals surface area contributed by atoms with Crippen molar-refractivity contribution in [2.24, 2.45) is 5.14 Å². The van der Waals surface area contributed by atoms with Crippen LogP contribution in [0.15, 0.2) is 29.3 Å². The van der Waals surface area contributed by atoms with Gasteiger partial charge in [-0.05, 0) is 56.5 Å². The van der Waals surface area contributed by atoms with Crippen molar-refractivity contribution in [3.63, 3.8) is 0 Å². The van der Waals surface area contributed by atoms with Gasteiger partial charge in [-0.2, -0.15) is 9.61 Å². The Labute approximate surface area is 208 Å². The van der Waals surface area contributed by atoms with E-state index in [4.69, 9.17) is 21.7 Å². The van der Waals surface area contributed by atoms with Gasteiger partial charge >= 0.3 is 0 Å². The maximum absolute atomic E-state index is 14.2. The Morgan fingerprint density at radius 2 is 1.97 bits per heavy atom. The molecule has 33 heavy (non-hydrogen) atoms. The van der Waals surface area contributed by atoms with Gasteiger partial charge in [-0.15, -0.1) is 24.8 Å². The lowest BCUT2D eigenvalue weighted by Crippen LogP contribution is -2.39. The second-order valence-electron chi connectivity index (χ2n) is 8.21. The highest BCUT2D eigenvalue weighted by atomic mass is 35.5. The third-order valence-electron chi connectivity index (χ3n) is 6.38. The lowest BCUT2D eigenvalue weighted by atomic mass is 9.77. The van der Waals surface area contributed by atoms with Crippen LogP contribution in [0, 0.1) is 5.82 Å². The highest BCUT2D eigenvalue weighted by molar-refractivity contribution is 7.89. The number of benzene rings is 1. The minimum Gasteiger partial charge on any atom is -0.366 e. The van der Waals surface area contributed by atoms with Crippen LogP contribution in [-0.2, 0) is 28.4 Å². The molecular weight excluding hydrogens is 514 g/mol. The summed E-state index contributed by atoms with van der Waals surface area (Å²) >= 11 is 6.37. The predicted octanol–water partition coefficient (Wildman–Crippen LogP) is 3.19. The number of aromatic nitrogens is 3. The zero-order valence-electron chi connectivity index (χ0n) is 17.5. The van der Waals surface area contributed by atoms with Crippen LogP contribution < -0.4 is 15.8 Å². The smallest absolute Gasteiger partial charge is 0.240 e. The molecule has 0 saturated carbocycles. The van der Waals surface area contributed by atoms with E-state index < -0.39 is 20.7 Å². The van der Waals surface area contributed by atoms with E-state index in [0.29, 0.717) is 16.2 Å². The minimum atomic E-state index is -4.10. The van der Waals surface area contributed by atoms with E-state index in [1.807, 2.05) is 0 Å². The number of nitrogens with one attached hydrogen (secondary N) is 2. The van der Waals surface area contributed by atoms with Gasteiger partial charge in [0, 0.05) is 17.5 Å². The van der Waals surface area contributed by atoms with Crippen LogP contribution in [0.3, 0.4) is 0 Å². The van der Waals surface area contributed by atoms with Crippen molar-refractivity contribution in [2.45, 2.75) is 42.5 Å². The Balaban J connectivity index is 0.00000153. The number of fused-ring (bicyclic) bond motifs is 3. The first-order valence-electron chi connectivity index (χ1n) is 10.1.